The molecule has 0 aromatic heterocycles. The number of ether oxygens (including phenoxy) is 1. The van der Waals surface area contributed by atoms with Crippen LogP contribution in [-0.4, -0.2) is 12.6 Å². The van der Waals surface area contributed by atoms with Crippen molar-refractivity contribution in [2.24, 2.45) is 11.3 Å². The molecule has 0 aromatic rings. The summed E-state index contributed by atoms with van der Waals surface area (Å²) in [4.78, 5) is 11.0. The number of carbonyl (C=O) groups is 1. The summed E-state index contributed by atoms with van der Waals surface area (Å²) in [7, 11) is 0. The number of carbonyl (C=O) groups excluding carboxylic acids is 1. The molecule has 60 valence electrons. The quantitative estimate of drug-likeness (QED) is 0.558. The van der Waals surface area contributed by atoms with E-state index in [1.165, 1.54) is 0 Å². The lowest BCUT2D eigenvalue weighted by molar-refractivity contribution is -0.145. The Morgan fingerprint density at radius 1 is 1.91 bits per heavy atom. The smallest absolute Gasteiger partial charge is 0.310 e. The molecule has 1 fully saturated rings. The summed E-state index contributed by atoms with van der Waals surface area (Å²) in [5, 5.41) is 8.60. The van der Waals surface area contributed by atoms with Gasteiger partial charge in [0.25, 0.3) is 0 Å². The van der Waals surface area contributed by atoms with Gasteiger partial charge in [0, 0.05) is 0 Å². The van der Waals surface area contributed by atoms with Gasteiger partial charge in [0.15, 0.2) is 0 Å². The fourth-order valence-corrected chi connectivity index (χ4v) is 1.07. The molecule has 0 spiro atoms. The van der Waals surface area contributed by atoms with Crippen molar-refractivity contribution in [3.05, 3.63) is 0 Å². The van der Waals surface area contributed by atoms with Crippen molar-refractivity contribution in [1.29, 1.82) is 5.26 Å². The molecule has 0 heterocycles. The van der Waals surface area contributed by atoms with E-state index in [-0.39, 0.29) is 11.9 Å². The molecular formula is C8H11NO2. The molecule has 1 aliphatic carbocycles. The van der Waals surface area contributed by atoms with E-state index in [4.69, 9.17) is 10.00 Å². The van der Waals surface area contributed by atoms with Gasteiger partial charge in [-0.15, -0.1) is 0 Å². The van der Waals surface area contributed by atoms with E-state index in [1.807, 2.05) is 0 Å². The van der Waals surface area contributed by atoms with Crippen LogP contribution in [0.15, 0.2) is 0 Å². The van der Waals surface area contributed by atoms with Gasteiger partial charge >= 0.3 is 5.97 Å². The lowest BCUT2D eigenvalue weighted by atomic mass is 10.1. The van der Waals surface area contributed by atoms with E-state index in [9.17, 15) is 4.79 Å². The first-order valence-corrected chi connectivity index (χ1v) is 3.72. The van der Waals surface area contributed by atoms with Crippen molar-refractivity contribution in [3.63, 3.8) is 0 Å². The Balaban J connectivity index is 2.45. The Kier molecular flexibility index (Phi) is 1.86. The fourth-order valence-electron chi connectivity index (χ4n) is 1.07. The SMILES string of the molecule is CCOC(=O)C1CC1(C)C#N. The molecule has 3 heteroatoms. The van der Waals surface area contributed by atoms with E-state index < -0.39 is 5.41 Å². The largest absolute Gasteiger partial charge is 0.466 e. The molecule has 11 heavy (non-hydrogen) atoms. The Bertz CT molecular complexity index is 219. The monoisotopic (exact) mass is 153 g/mol. The molecule has 0 aliphatic heterocycles. The minimum atomic E-state index is -0.438. The molecule has 0 N–H and O–H groups in total. The van der Waals surface area contributed by atoms with E-state index >= 15 is 0 Å². The van der Waals surface area contributed by atoms with Gasteiger partial charge in [-0.1, -0.05) is 0 Å². The summed E-state index contributed by atoms with van der Waals surface area (Å²) >= 11 is 0. The summed E-state index contributed by atoms with van der Waals surface area (Å²) in [5.41, 5.74) is -0.438. The van der Waals surface area contributed by atoms with E-state index in [0.717, 1.165) is 0 Å². The molecular weight excluding hydrogens is 142 g/mol. The predicted molar refractivity (Wildman–Crippen MR) is 38.5 cm³/mol. The van der Waals surface area contributed by atoms with Crippen LogP contribution in [0.5, 0.6) is 0 Å². The number of hydrogen-bond donors (Lipinski definition) is 0. The van der Waals surface area contributed by atoms with Gasteiger partial charge in [-0.05, 0) is 20.3 Å². The van der Waals surface area contributed by atoms with Gasteiger partial charge in [-0.2, -0.15) is 5.26 Å². The number of nitrogens with zero attached hydrogens (tertiary/aromatic N) is 1. The maximum absolute atomic E-state index is 11.0. The Labute approximate surface area is 66.0 Å². The van der Waals surface area contributed by atoms with Gasteiger partial charge in [0.1, 0.15) is 0 Å². The zero-order valence-corrected chi connectivity index (χ0v) is 6.76. The first kappa shape index (κ1) is 8.06. The first-order valence-electron chi connectivity index (χ1n) is 3.72. The third-order valence-electron chi connectivity index (χ3n) is 2.06. The molecule has 1 saturated carbocycles. The van der Waals surface area contributed by atoms with E-state index in [0.29, 0.717) is 13.0 Å². The van der Waals surface area contributed by atoms with Crippen LogP contribution in [0.25, 0.3) is 0 Å². The molecule has 1 rings (SSSR count). The molecule has 2 unspecified atom stereocenters. The van der Waals surface area contributed by atoms with Crippen LogP contribution < -0.4 is 0 Å². The van der Waals surface area contributed by atoms with Gasteiger partial charge in [-0.3, -0.25) is 4.79 Å². The van der Waals surface area contributed by atoms with Gasteiger partial charge < -0.3 is 4.74 Å². The van der Waals surface area contributed by atoms with Gasteiger partial charge in [0.2, 0.25) is 0 Å². The van der Waals surface area contributed by atoms with Crippen molar-refractivity contribution in [2.75, 3.05) is 6.61 Å². The highest BCUT2D eigenvalue weighted by atomic mass is 16.5. The minimum absolute atomic E-state index is 0.174. The number of hydrogen-bond acceptors (Lipinski definition) is 3. The zero-order valence-electron chi connectivity index (χ0n) is 6.76. The third kappa shape index (κ3) is 1.35. The normalized spacial score (nSPS) is 34.1. The average molecular weight is 153 g/mol. The average Bonchev–Trinajstić information content (AvgIpc) is 2.65. The van der Waals surface area contributed by atoms with Gasteiger partial charge in [0.05, 0.1) is 24.0 Å². The molecule has 0 bridgehead atoms. The van der Waals surface area contributed by atoms with Crippen molar-refractivity contribution >= 4 is 5.97 Å². The highest BCUT2D eigenvalue weighted by molar-refractivity contribution is 5.77. The molecule has 3 nitrogen and oxygen atoms in total. The first-order chi connectivity index (χ1) is 5.14. The number of rotatable bonds is 2. The summed E-state index contributed by atoms with van der Waals surface area (Å²) in [6.07, 6.45) is 0.655. The van der Waals surface area contributed by atoms with Crippen molar-refractivity contribution < 1.29 is 9.53 Å². The minimum Gasteiger partial charge on any atom is -0.466 e. The van der Waals surface area contributed by atoms with Crippen LogP contribution in [0, 0.1) is 22.7 Å². The topological polar surface area (TPSA) is 50.1 Å². The summed E-state index contributed by atoms with van der Waals surface area (Å²) < 4.78 is 4.77. The lowest BCUT2D eigenvalue weighted by Gasteiger charge is -2.00. The molecule has 1 aliphatic rings. The predicted octanol–water partition coefficient (Wildman–Crippen LogP) is 1.10. The highest BCUT2D eigenvalue weighted by Crippen LogP contribution is 2.52. The maximum atomic E-state index is 11.0. The van der Waals surface area contributed by atoms with E-state index in [2.05, 4.69) is 6.07 Å². The second-order valence-electron chi connectivity index (χ2n) is 3.04. The van der Waals surface area contributed by atoms with Crippen LogP contribution in [-0.2, 0) is 9.53 Å². The fraction of sp³-hybridized carbons (Fsp3) is 0.750. The Morgan fingerprint density at radius 2 is 2.55 bits per heavy atom. The molecule has 0 radical (unpaired) electrons. The van der Waals surface area contributed by atoms with Crippen LogP contribution >= 0.6 is 0 Å². The summed E-state index contributed by atoms with van der Waals surface area (Å²) in [5.74, 6) is -0.399. The summed E-state index contributed by atoms with van der Waals surface area (Å²) in [6, 6.07) is 2.10. The van der Waals surface area contributed by atoms with Crippen molar-refractivity contribution in [1.82, 2.24) is 0 Å². The third-order valence-corrected chi connectivity index (χ3v) is 2.06. The number of esters is 1. The van der Waals surface area contributed by atoms with Gasteiger partial charge in [-0.25, -0.2) is 0 Å². The zero-order chi connectivity index (χ0) is 8.48. The van der Waals surface area contributed by atoms with Crippen LogP contribution in [0.2, 0.25) is 0 Å². The van der Waals surface area contributed by atoms with Crippen LogP contribution in [0.3, 0.4) is 0 Å². The molecule has 0 saturated heterocycles. The Morgan fingerprint density at radius 3 is 2.91 bits per heavy atom. The van der Waals surface area contributed by atoms with Crippen molar-refractivity contribution in [3.8, 4) is 6.07 Å². The lowest BCUT2D eigenvalue weighted by Crippen LogP contribution is -2.10. The standard InChI is InChI=1S/C8H11NO2/c1-3-11-7(10)6-4-8(6,2)5-9/h6H,3-4H2,1-2H3. The Hall–Kier alpha value is -1.04. The molecule has 2 atom stereocenters. The second-order valence-corrected chi connectivity index (χ2v) is 3.04. The molecule has 0 amide bonds. The summed E-state index contributed by atoms with van der Waals surface area (Å²) in [6.45, 7) is 3.95. The van der Waals surface area contributed by atoms with Crippen molar-refractivity contribution in [2.45, 2.75) is 20.3 Å². The molecule has 0 aromatic carbocycles. The van der Waals surface area contributed by atoms with Crippen LogP contribution in [0.1, 0.15) is 20.3 Å². The number of nitriles is 1. The van der Waals surface area contributed by atoms with Crippen LogP contribution in [0.4, 0.5) is 0 Å². The van der Waals surface area contributed by atoms with E-state index in [1.54, 1.807) is 13.8 Å². The maximum Gasteiger partial charge on any atom is 0.310 e. The second kappa shape index (κ2) is 2.54. The highest BCUT2D eigenvalue weighted by Gasteiger charge is 2.56.